The molecule has 6 aliphatic rings. The summed E-state index contributed by atoms with van der Waals surface area (Å²) in [6, 6.07) is 17.0. The number of carbonyl (C=O) groups is 1. The van der Waals surface area contributed by atoms with E-state index in [-0.39, 0.29) is 11.7 Å². The lowest BCUT2D eigenvalue weighted by Gasteiger charge is -2.36. The van der Waals surface area contributed by atoms with Crippen LogP contribution in [-0.4, -0.2) is 58.2 Å². The van der Waals surface area contributed by atoms with Gasteiger partial charge < -0.3 is 19.9 Å². The van der Waals surface area contributed by atoms with Gasteiger partial charge in [-0.1, -0.05) is 12.8 Å². The van der Waals surface area contributed by atoms with Crippen molar-refractivity contribution in [3.63, 3.8) is 0 Å². The number of fused-ring (bicyclic) bond motifs is 1. The first kappa shape index (κ1) is 24.2. The van der Waals surface area contributed by atoms with Crippen molar-refractivity contribution in [1.82, 2.24) is 19.5 Å². The van der Waals surface area contributed by atoms with Gasteiger partial charge in [-0.3, -0.25) is 4.79 Å². The van der Waals surface area contributed by atoms with Gasteiger partial charge in [-0.2, -0.15) is 0 Å². The molecule has 2 aromatic heterocycles. The van der Waals surface area contributed by atoms with E-state index in [0.717, 1.165) is 74.4 Å². The number of anilines is 3. The Kier molecular flexibility index (Phi) is 6.81. The fraction of sp³-hybridized carbons (Fsp3) is 0.345. The number of aromatic nitrogens is 3. The molecule has 0 unspecified atom stereocenters. The second-order valence-electron chi connectivity index (χ2n) is 9.83. The van der Waals surface area contributed by atoms with E-state index in [4.69, 9.17) is 4.74 Å². The second kappa shape index (κ2) is 10.7. The minimum Gasteiger partial charge on any atom is -0.491 e. The molecule has 0 atom stereocenters. The molecule has 4 aromatic rings. The van der Waals surface area contributed by atoms with Crippen LogP contribution in [-0.2, 0) is 4.79 Å². The fourth-order valence-corrected chi connectivity index (χ4v) is 5.13. The molecule has 2 aromatic carbocycles. The standard InChI is InChI=1S/C29H31FN6O2/c30-25-19-21-6-13-27(25)38-18-4-2-1-3-5-28(37)35-16-14-34(15-17-35)23-9-7-22(8-10-23)32-29-31-20-24-11-12-26(21)36(24)33-29/h6-13,19-20H,1-5,14-18H2,(H,32,33). The Morgan fingerprint density at radius 3 is 2.47 bits per heavy atom. The Morgan fingerprint density at radius 2 is 1.66 bits per heavy atom. The third kappa shape index (κ3) is 5.14. The first-order valence-electron chi connectivity index (χ1n) is 13.3. The monoisotopic (exact) mass is 514 g/mol. The van der Waals surface area contributed by atoms with Crippen molar-refractivity contribution in [2.24, 2.45) is 0 Å². The number of nitrogens with one attached hydrogen (secondary N) is 1. The van der Waals surface area contributed by atoms with Crippen LogP contribution in [0.4, 0.5) is 21.7 Å². The van der Waals surface area contributed by atoms with Gasteiger partial charge in [0.1, 0.15) is 0 Å². The minimum atomic E-state index is -0.402. The summed E-state index contributed by atoms with van der Waals surface area (Å²) in [6.07, 6.45) is 5.92. The average molecular weight is 515 g/mol. The molecular formula is C29H31FN6O2. The summed E-state index contributed by atoms with van der Waals surface area (Å²) in [5.41, 5.74) is 4.29. The van der Waals surface area contributed by atoms with Crippen LogP contribution >= 0.6 is 0 Å². The molecule has 1 amide bonds. The molecule has 8 bridgehead atoms. The van der Waals surface area contributed by atoms with Crippen LogP contribution < -0.4 is 15.0 Å². The maximum Gasteiger partial charge on any atom is 0.245 e. The highest BCUT2D eigenvalue weighted by Gasteiger charge is 2.21. The van der Waals surface area contributed by atoms with E-state index in [1.54, 1.807) is 16.8 Å². The zero-order valence-corrected chi connectivity index (χ0v) is 21.3. The number of hydrogen-bond acceptors (Lipinski definition) is 6. The third-order valence-electron chi connectivity index (χ3n) is 7.29. The van der Waals surface area contributed by atoms with Crippen LogP contribution in [0.2, 0.25) is 0 Å². The molecular weight excluding hydrogens is 483 g/mol. The molecule has 196 valence electrons. The number of piperazine rings is 1. The van der Waals surface area contributed by atoms with Crippen molar-refractivity contribution in [1.29, 1.82) is 0 Å². The van der Waals surface area contributed by atoms with Gasteiger partial charge in [0.2, 0.25) is 11.9 Å². The number of carbonyl (C=O) groups excluding carboxylic acids is 1. The summed E-state index contributed by atoms with van der Waals surface area (Å²) < 4.78 is 22.4. The molecule has 0 radical (unpaired) electrons. The summed E-state index contributed by atoms with van der Waals surface area (Å²) in [5.74, 6) is 0.520. The zero-order valence-electron chi connectivity index (χ0n) is 21.3. The molecule has 6 aliphatic heterocycles. The van der Waals surface area contributed by atoms with Crippen LogP contribution in [0.1, 0.15) is 32.1 Å². The highest BCUT2D eigenvalue weighted by molar-refractivity contribution is 5.76. The van der Waals surface area contributed by atoms with Crippen LogP contribution in [0.25, 0.3) is 16.8 Å². The van der Waals surface area contributed by atoms with Gasteiger partial charge in [-0.05, 0) is 67.4 Å². The van der Waals surface area contributed by atoms with Crippen molar-refractivity contribution in [3.05, 3.63) is 66.6 Å². The number of amides is 1. The van der Waals surface area contributed by atoms with Gasteiger partial charge in [-0.25, -0.2) is 13.9 Å². The summed E-state index contributed by atoms with van der Waals surface area (Å²) in [6.45, 7) is 3.57. The van der Waals surface area contributed by atoms with Gasteiger partial charge >= 0.3 is 0 Å². The van der Waals surface area contributed by atoms with E-state index in [1.807, 2.05) is 35.2 Å². The van der Waals surface area contributed by atoms with E-state index in [9.17, 15) is 9.18 Å². The van der Waals surface area contributed by atoms with Crippen molar-refractivity contribution >= 4 is 28.7 Å². The number of rotatable bonds is 0. The average Bonchev–Trinajstić information content (AvgIpc) is 3.36. The molecule has 1 saturated heterocycles. The van der Waals surface area contributed by atoms with E-state index < -0.39 is 5.82 Å². The largest absolute Gasteiger partial charge is 0.491 e. The Morgan fingerprint density at radius 1 is 0.868 bits per heavy atom. The summed E-state index contributed by atoms with van der Waals surface area (Å²) in [4.78, 5) is 21.4. The number of benzene rings is 2. The molecule has 8 nitrogen and oxygen atoms in total. The molecule has 0 spiro atoms. The van der Waals surface area contributed by atoms with Gasteiger partial charge in [0.05, 0.1) is 24.0 Å². The fourth-order valence-electron chi connectivity index (χ4n) is 5.13. The molecule has 10 rings (SSSR count). The predicted octanol–water partition coefficient (Wildman–Crippen LogP) is 5.27. The number of ether oxygens (including phenoxy) is 1. The lowest BCUT2D eigenvalue weighted by molar-refractivity contribution is -0.131. The number of nitrogens with zero attached hydrogens (tertiary/aromatic N) is 5. The summed E-state index contributed by atoms with van der Waals surface area (Å²) in [5, 5.41) is 7.94. The van der Waals surface area contributed by atoms with Crippen LogP contribution in [0.3, 0.4) is 0 Å². The number of hydrogen-bond donors (Lipinski definition) is 1. The van der Waals surface area contributed by atoms with Gasteiger partial charge in [-0.15, -0.1) is 5.10 Å². The first-order chi connectivity index (χ1) is 18.6. The SMILES string of the molecule is O=C1CCCCCCOc2ccc(cc2F)-c2ccc3cnc(nn23)Nc2ccc(cc2)N2CCN1CC2. The van der Waals surface area contributed by atoms with Crippen molar-refractivity contribution in [2.75, 3.05) is 43.0 Å². The smallest absolute Gasteiger partial charge is 0.245 e. The Bertz CT molecular complexity index is 1430. The molecule has 38 heavy (non-hydrogen) atoms. The van der Waals surface area contributed by atoms with Crippen molar-refractivity contribution in [2.45, 2.75) is 32.1 Å². The summed E-state index contributed by atoms with van der Waals surface area (Å²) in [7, 11) is 0. The highest BCUT2D eigenvalue weighted by Crippen LogP contribution is 2.28. The van der Waals surface area contributed by atoms with E-state index >= 15 is 0 Å². The zero-order chi connectivity index (χ0) is 25.9. The number of halogens is 1. The Labute approximate surface area is 221 Å². The van der Waals surface area contributed by atoms with E-state index in [2.05, 4.69) is 32.4 Å². The normalized spacial score (nSPS) is 16.9. The molecule has 1 N–H and O–H groups in total. The lowest BCUT2D eigenvalue weighted by atomic mass is 10.1. The van der Waals surface area contributed by atoms with Gasteiger partial charge in [0.25, 0.3) is 0 Å². The van der Waals surface area contributed by atoms with E-state index in [0.29, 0.717) is 24.5 Å². The Balaban J connectivity index is 1.27. The van der Waals surface area contributed by atoms with Gasteiger partial charge in [0.15, 0.2) is 11.6 Å². The second-order valence-corrected chi connectivity index (χ2v) is 9.83. The maximum absolute atomic E-state index is 14.9. The van der Waals surface area contributed by atoms with Crippen LogP contribution in [0.5, 0.6) is 5.75 Å². The maximum atomic E-state index is 14.9. The Hall–Kier alpha value is -4.14. The topological polar surface area (TPSA) is 75.0 Å². The quantitative estimate of drug-likeness (QED) is 0.345. The lowest BCUT2D eigenvalue weighted by Crippen LogP contribution is -2.48. The van der Waals surface area contributed by atoms with E-state index in [1.165, 1.54) is 6.07 Å². The van der Waals surface area contributed by atoms with Crippen LogP contribution in [0, 0.1) is 5.82 Å². The molecule has 9 heteroatoms. The van der Waals surface area contributed by atoms with Crippen LogP contribution in [0.15, 0.2) is 60.8 Å². The summed E-state index contributed by atoms with van der Waals surface area (Å²) >= 11 is 0. The molecule has 0 saturated carbocycles. The van der Waals surface area contributed by atoms with Crippen molar-refractivity contribution in [3.8, 4) is 17.0 Å². The molecule has 0 aliphatic carbocycles. The molecule has 8 heterocycles. The highest BCUT2D eigenvalue weighted by atomic mass is 19.1. The molecule has 1 fully saturated rings. The third-order valence-corrected chi connectivity index (χ3v) is 7.29. The van der Waals surface area contributed by atoms with Crippen molar-refractivity contribution < 1.29 is 13.9 Å². The van der Waals surface area contributed by atoms with Gasteiger partial charge in [0, 0.05) is 49.5 Å². The first-order valence-corrected chi connectivity index (χ1v) is 13.3. The predicted molar refractivity (Wildman–Crippen MR) is 145 cm³/mol. The minimum absolute atomic E-state index is 0.232.